The molecule has 4 rings (SSSR count). The first-order valence-corrected chi connectivity index (χ1v) is 9.86. The summed E-state index contributed by atoms with van der Waals surface area (Å²) >= 11 is 0. The number of amides is 2. The lowest BCUT2D eigenvalue weighted by molar-refractivity contribution is 0.0993. The second-order valence-corrected chi connectivity index (χ2v) is 6.85. The summed E-state index contributed by atoms with van der Waals surface area (Å²) < 4.78 is 13.6. The van der Waals surface area contributed by atoms with Gasteiger partial charge in [0, 0.05) is 43.4 Å². The highest BCUT2D eigenvalue weighted by Gasteiger charge is 2.17. The summed E-state index contributed by atoms with van der Waals surface area (Å²) in [5.41, 5.74) is 6.96. The Morgan fingerprint density at radius 3 is 2.32 bits per heavy atom. The number of aromatic nitrogens is 3. The van der Waals surface area contributed by atoms with Crippen LogP contribution < -0.4 is 16.0 Å². The largest absolute Gasteiger partial charge is 0.370 e. The molecule has 0 radical (unpaired) electrons. The Hall–Kier alpha value is -3.88. The number of halogens is 1. The molecule has 0 unspecified atom stereocenters. The van der Waals surface area contributed by atoms with Crippen LogP contribution in [0.3, 0.4) is 0 Å². The van der Waals surface area contributed by atoms with Gasteiger partial charge < -0.3 is 16.0 Å². The van der Waals surface area contributed by atoms with Crippen molar-refractivity contribution in [2.75, 3.05) is 23.3 Å². The van der Waals surface area contributed by atoms with Crippen molar-refractivity contribution in [2.24, 2.45) is 5.73 Å². The van der Waals surface area contributed by atoms with E-state index >= 15 is 0 Å². The number of piperidine rings is 1. The van der Waals surface area contributed by atoms with Gasteiger partial charge in [-0.05, 0) is 49.6 Å². The smallest absolute Gasteiger partial charge is 0.268 e. The maximum Gasteiger partial charge on any atom is 0.268 e. The number of rotatable bonds is 4. The highest BCUT2D eigenvalue weighted by Crippen LogP contribution is 2.29. The van der Waals surface area contributed by atoms with Gasteiger partial charge in [0.05, 0.1) is 17.6 Å². The van der Waals surface area contributed by atoms with Gasteiger partial charge in [-0.1, -0.05) is 0 Å². The second kappa shape index (κ2) is 10.8. The molecule has 3 N–H and O–H groups in total. The molecule has 3 aromatic rings. The molecule has 2 amide bonds. The first-order chi connectivity index (χ1) is 15.0. The molecule has 0 saturated carbocycles. The Bertz CT molecular complexity index is 1010. The molecule has 8 nitrogen and oxygen atoms in total. The summed E-state index contributed by atoms with van der Waals surface area (Å²) in [7, 11) is 0. The third-order valence-electron chi connectivity index (χ3n) is 4.66. The van der Waals surface area contributed by atoms with Crippen LogP contribution in [0.1, 0.15) is 40.1 Å². The molecule has 3 heterocycles. The number of carbonyl (C=O) groups is 2. The average Bonchev–Trinajstić information content (AvgIpc) is 2.81. The van der Waals surface area contributed by atoms with E-state index < -0.39 is 5.91 Å². The van der Waals surface area contributed by atoms with E-state index in [9.17, 15) is 14.0 Å². The van der Waals surface area contributed by atoms with Gasteiger partial charge in [0.2, 0.25) is 0 Å². The van der Waals surface area contributed by atoms with E-state index in [1.54, 1.807) is 30.6 Å². The van der Waals surface area contributed by atoms with Gasteiger partial charge in [-0.3, -0.25) is 19.6 Å². The van der Waals surface area contributed by atoms with Crippen molar-refractivity contribution >= 4 is 23.2 Å². The highest BCUT2D eigenvalue weighted by atomic mass is 19.1. The van der Waals surface area contributed by atoms with Crippen LogP contribution in [0.4, 0.5) is 15.8 Å². The van der Waals surface area contributed by atoms with Crippen LogP contribution in [0.25, 0.3) is 0 Å². The third-order valence-corrected chi connectivity index (χ3v) is 4.66. The monoisotopic (exact) mass is 422 g/mol. The van der Waals surface area contributed by atoms with E-state index in [0.29, 0.717) is 11.3 Å². The first-order valence-electron chi connectivity index (χ1n) is 9.86. The fourth-order valence-corrected chi connectivity index (χ4v) is 3.14. The molecular formula is C22H23FN6O2. The molecule has 160 valence electrons. The van der Waals surface area contributed by atoms with Crippen molar-refractivity contribution in [1.82, 2.24) is 15.0 Å². The molecule has 1 aromatic carbocycles. The van der Waals surface area contributed by atoms with Gasteiger partial charge in [0.1, 0.15) is 11.5 Å². The minimum atomic E-state index is -0.553. The van der Waals surface area contributed by atoms with Crippen LogP contribution in [0.15, 0.2) is 61.3 Å². The Morgan fingerprint density at radius 1 is 0.968 bits per heavy atom. The number of carbonyl (C=O) groups excluding carboxylic acids is 2. The lowest BCUT2D eigenvalue weighted by atomic mass is 10.1. The summed E-state index contributed by atoms with van der Waals surface area (Å²) in [6.45, 7) is 1.87. The van der Waals surface area contributed by atoms with Crippen LogP contribution in [-0.2, 0) is 0 Å². The van der Waals surface area contributed by atoms with E-state index in [-0.39, 0.29) is 17.4 Å². The van der Waals surface area contributed by atoms with E-state index in [2.05, 4.69) is 25.2 Å². The number of primary amides is 1. The number of benzene rings is 1. The van der Waals surface area contributed by atoms with Gasteiger partial charge in [-0.2, -0.15) is 0 Å². The normalized spacial score (nSPS) is 13.0. The molecule has 31 heavy (non-hydrogen) atoms. The predicted octanol–water partition coefficient (Wildman–Crippen LogP) is 3.04. The topological polar surface area (TPSA) is 114 Å². The fraction of sp³-hybridized carbons (Fsp3) is 0.227. The summed E-state index contributed by atoms with van der Waals surface area (Å²) in [5.74, 6) is -1.17. The Kier molecular flexibility index (Phi) is 7.58. The minimum absolute atomic E-state index is 0.192. The number of nitrogens with two attached hydrogens (primary N) is 1. The van der Waals surface area contributed by atoms with Crippen LogP contribution in [0.5, 0.6) is 0 Å². The van der Waals surface area contributed by atoms with Gasteiger partial charge >= 0.3 is 0 Å². The summed E-state index contributed by atoms with van der Waals surface area (Å²) in [6, 6.07) is 7.82. The Balaban J connectivity index is 0.000000254. The standard InChI is InChI=1S/C17H18FN3O.C5H5N3O/c18-14-4-5-16(21-10-2-1-3-11-21)15(12-14)20-17(22)13-6-8-19-9-7-13;6-5(9)4-3-7-1-2-8-4/h4-9,12H,1-3,10-11H2,(H,20,22);1-3H,(H2,6,9). The average molecular weight is 422 g/mol. The van der Waals surface area contributed by atoms with Crippen LogP contribution in [-0.4, -0.2) is 39.9 Å². The molecular weight excluding hydrogens is 399 g/mol. The van der Waals surface area contributed by atoms with Crippen molar-refractivity contribution < 1.29 is 14.0 Å². The molecule has 1 aliphatic rings. The zero-order chi connectivity index (χ0) is 22.1. The van der Waals surface area contributed by atoms with Gasteiger partial charge in [-0.25, -0.2) is 9.37 Å². The maximum absolute atomic E-state index is 13.6. The van der Waals surface area contributed by atoms with Crippen molar-refractivity contribution in [3.8, 4) is 0 Å². The number of hydrogen-bond donors (Lipinski definition) is 2. The van der Waals surface area contributed by atoms with E-state index in [0.717, 1.165) is 31.6 Å². The Morgan fingerprint density at radius 2 is 1.71 bits per heavy atom. The number of anilines is 2. The molecule has 0 bridgehead atoms. The molecule has 0 aliphatic carbocycles. The molecule has 1 aliphatic heterocycles. The van der Waals surface area contributed by atoms with Crippen LogP contribution in [0.2, 0.25) is 0 Å². The van der Waals surface area contributed by atoms with Gasteiger partial charge in [0.15, 0.2) is 0 Å². The summed E-state index contributed by atoms with van der Waals surface area (Å²) in [4.78, 5) is 36.0. The SMILES string of the molecule is NC(=O)c1cnccn1.O=C(Nc1cc(F)ccc1N1CCCCC1)c1ccncc1. The van der Waals surface area contributed by atoms with Crippen LogP contribution >= 0.6 is 0 Å². The van der Waals surface area contributed by atoms with Crippen molar-refractivity contribution in [2.45, 2.75) is 19.3 Å². The Labute approximate surface area is 179 Å². The number of nitrogens with one attached hydrogen (secondary N) is 1. The number of pyridine rings is 1. The summed E-state index contributed by atoms with van der Waals surface area (Å²) in [6.07, 6.45) is 10.8. The quantitative estimate of drug-likeness (QED) is 0.668. The molecule has 1 fully saturated rings. The molecule has 2 aromatic heterocycles. The zero-order valence-electron chi connectivity index (χ0n) is 16.9. The van der Waals surface area contributed by atoms with Crippen molar-refractivity contribution in [3.63, 3.8) is 0 Å². The van der Waals surface area contributed by atoms with Crippen LogP contribution in [0, 0.1) is 5.82 Å². The number of nitrogens with zero attached hydrogens (tertiary/aromatic N) is 4. The van der Waals surface area contributed by atoms with Crippen molar-refractivity contribution in [3.05, 3.63) is 78.4 Å². The molecule has 0 atom stereocenters. The molecule has 0 spiro atoms. The second-order valence-electron chi connectivity index (χ2n) is 6.85. The lowest BCUT2D eigenvalue weighted by Crippen LogP contribution is -2.30. The van der Waals surface area contributed by atoms with Gasteiger partial charge in [0.25, 0.3) is 11.8 Å². The number of hydrogen-bond acceptors (Lipinski definition) is 6. The molecule has 1 saturated heterocycles. The zero-order valence-corrected chi connectivity index (χ0v) is 16.9. The van der Waals surface area contributed by atoms with E-state index in [1.165, 1.54) is 37.1 Å². The highest BCUT2D eigenvalue weighted by molar-refractivity contribution is 6.05. The van der Waals surface area contributed by atoms with Gasteiger partial charge in [-0.15, -0.1) is 0 Å². The molecule has 9 heteroatoms. The summed E-state index contributed by atoms with van der Waals surface area (Å²) in [5, 5.41) is 2.82. The third kappa shape index (κ3) is 6.30. The van der Waals surface area contributed by atoms with E-state index in [1.807, 2.05) is 0 Å². The lowest BCUT2D eigenvalue weighted by Gasteiger charge is -2.30. The minimum Gasteiger partial charge on any atom is -0.370 e. The fourth-order valence-electron chi connectivity index (χ4n) is 3.14. The predicted molar refractivity (Wildman–Crippen MR) is 115 cm³/mol. The van der Waals surface area contributed by atoms with Crippen molar-refractivity contribution in [1.29, 1.82) is 0 Å². The van der Waals surface area contributed by atoms with E-state index in [4.69, 9.17) is 5.73 Å². The first kappa shape index (κ1) is 21.8. The maximum atomic E-state index is 13.6.